The van der Waals surface area contributed by atoms with Crippen LogP contribution in [0.4, 0.5) is 0 Å². The first-order chi connectivity index (χ1) is 9.96. The Kier molecular flexibility index (Phi) is 5.33. The maximum Gasteiger partial charge on any atom is 0.160 e. The largest absolute Gasteiger partial charge is 0.367 e. The van der Waals surface area contributed by atoms with Gasteiger partial charge in [0.2, 0.25) is 0 Å². The molecule has 0 saturated carbocycles. The molecule has 0 amide bonds. The van der Waals surface area contributed by atoms with Crippen LogP contribution in [0.15, 0.2) is 0 Å². The standard InChI is InChI=1S/C17H29N3O/c1-12(11-18-5)10-15-13(2)19-16(20-14(15)3)17(4)8-6-7-9-21-17/h12,18H,6-11H2,1-5H3. The average Bonchev–Trinajstić information content (AvgIpc) is 2.44. The van der Waals surface area contributed by atoms with Gasteiger partial charge in [-0.25, -0.2) is 9.97 Å². The Hall–Kier alpha value is -1.00. The summed E-state index contributed by atoms with van der Waals surface area (Å²) < 4.78 is 5.99. The average molecular weight is 291 g/mol. The zero-order valence-electron chi connectivity index (χ0n) is 14.1. The summed E-state index contributed by atoms with van der Waals surface area (Å²) in [6, 6.07) is 0. The Labute approximate surface area is 128 Å². The van der Waals surface area contributed by atoms with Crippen LogP contribution in [-0.4, -0.2) is 30.2 Å². The van der Waals surface area contributed by atoms with Crippen molar-refractivity contribution < 1.29 is 4.74 Å². The van der Waals surface area contributed by atoms with E-state index in [-0.39, 0.29) is 5.60 Å². The summed E-state index contributed by atoms with van der Waals surface area (Å²) in [7, 11) is 2.00. The molecule has 2 unspecified atom stereocenters. The molecule has 1 aromatic rings. The molecule has 21 heavy (non-hydrogen) atoms. The Balaban J connectivity index is 2.24. The number of aromatic nitrogens is 2. The Morgan fingerprint density at radius 2 is 1.90 bits per heavy atom. The topological polar surface area (TPSA) is 47.0 Å². The van der Waals surface area contributed by atoms with Crippen molar-refractivity contribution >= 4 is 0 Å². The summed E-state index contributed by atoms with van der Waals surface area (Å²) >= 11 is 0. The van der Waals surface area contributed by atoms with Crippen molar-refractivity contribution in [2.45, 2.75) is 59.0 Å². The lowest BCUT2D eigenvalue weighted by Gasteiger charge is -2.33. The van der Waals surface area contributed by atoms with Crippen molar-refractivity contribution in [2.75, 3.05) is 20.2 Å². The lowest BCUT2D eigenvalue weighted by molar-refractivity contribution is -0.0762. The van der Waals surface area contributed by atoms with Gasteiger partial charge in [0.1, 0.15) is 5.60 Å². The van der Waals surface area contributed by atoms with Crippen LogP contribution >= 0.6 is 0 Å². The molecule has 1 aliphatic rings. The van der Waals surface area contributed by atoms with E-state index in [4.69, 9.17) is 14.7 Å². The van der Waals surface area contributed by atoms with Crippen molar-refractivity contribution in [1.82, 2.24) is 15.3 Å². The molecular weight excluding hydrogens is 262 g/mol. The van der Waals surface area contributed by atoms with Gasteiger partial charge in [0.25, 0.3) is 0 Å². The number of rotatable bonds is 5. The van der Waals surface area contributed by atoms with Gasteiger partial charge in [-0.3, -0.25) is 0 Å². The third-order valence-electron chi connectivity index (χ3n) is 4.47. The zero-order valence-corrected chi connectivity index (χ0v) is 14.1. The highest BCUT2D eigenvalue weighted by Crippen LogP contribution is 2.33. The summed E-state index contributed by atoms with van der Waals surface area (Å²) in [5.41, 5.74) is 3.20. The van der Waals surface area contributed by atoms with Crippen molar-refractivity contribution in [3.8, 4) is 0 Å². The molecule has 0 bridgehead atoms. The zero-order chi connectivity index (χ0) is 15.5. The highest BCUT2D eigenvalue weighted by molar-refractivity contribution is 5.26. The number of hydrogen-bond donors (Lipinski definition) is 1. The fraction of sp³-hybridized carbons (Fsp3) is 0.765. The number of ether oxygens (including phenoxy) is 1. The van der Waals surface area contributed by atoms with Gasteiger partial charge in [-0.1, -0.05) is 6.92 Å². The Bertz CT molecular complexity index is 458. The summed E-state index contributed by atoms with van der Waals surface area (Å²) in [6.07, 6.45) is 4.38. The molecule has 4 nitrogen and oxygen atoms in total. The predicted octanol–water partition coefficient (Wildman–Crippen LogP) is 2.91. The van der Waals surface area contributed by atoms with Crippen LogP contribution in [0.1, 0.15) is 55.9 Å². The summed E-state index contributed by atoms with van der Waals surface area (Å²) in [5.74, 6) is 1.45. The van der Waals surface area contributed by atoms with E-state index in [1.807, 2.05) is 7.05 Å². The van der Waals surface area contributed by atoms with Crippen LogP contribution in [-0.2, 0) is 16.8 Å². The van der Waals surface area contributed by atoms with Gasteiger partial charge in [-0.05, 0) is 71.5 Å². The SMILES string of the molecule is CNCC(C)Cc1c(C)nc(C2(C)CCCCO2)nc1C. The number of aryl methyl sites for hydroxylation is 2. The van der Waals surface area contributed by atoms with E-state index in [9.17, 15) is 0 Å². The predicted molar refractivity (Wildman–Crippen MR) is 85.5 cm³/mol. The van der Waals surface area contributed by atoms with Crippen molar-refractivity contribution in [3.63, 3.8) is 0 Å². The molecule has 118 valence electrons. The van der Waals surface area contributed by atoms with Crippen LogP contribution in [0.25, 0.3) is 0 Å². The van der Waals surface area contributed by atoms with Gasteiger partial charge in [0.15, 0.2) is 5.82 Å². The van der Waals surface area contributed by atoms with Gasteiger partial charge in [-0.2, -0.15) is 0 Å². The van der Waals surface area contributed by atoms with Gasteiger partial charge in [-0.15, -0.1) is 0 Å². The number of nitrogens with zero attached hydrogens (tertiary/aromatic N) is 2. The lowest BCUT2D eigenvalue weighted by atomic mass is 9.93. The van der Waals surface area contributed by atoms with Gasteiger partial charge < -0.3 is 10.1 Å². The van der Waals surface area contributed by atoms with E-state index >= 15 is 0 Å². The third kappa shape index (κ3) is 3.80. The molecule has 0 radical (unpaired) electrons. The van der Waals surface area contributed by atoms with E-state index in [0.29, 0.717) is 5.92 Å². The Morgan fingerprint density at radius 3 is 2.43 bits per heavy atom. The molecule has 4 heteroatoms. The second-order valence-electron chi connectivity index (χ2n) is 6.60. The molecule has 2 heterocycles. The highest BCUT2D eigenvalue weighted by Gasteiger charge is 2.33. The minimum absolute atomic E-state index is 0.303. The van der Waals surface area contributed by atoms with Crippen molar-refractivity contribution in [3.05, 3.63) is 22.8 Å². The fourth-order valence-electron chi connectivity index (χ4n) is 3.15. The maximum atomic E-state index is 5.99. The van der Waals surface area contributed by atoms with Crippen LogP contribution < -0.4 is 5.32 Å². The summed E-state index contributed by atoms with van der Waals surface area (Å²) in [6.45, 7) is 10.4. The Morgan fingerprint density at radius 1 is 1.24 bits per heavy atom. The minimum atomic E-state index is -0.303. The van der Waals surface area contributed by atoms with Gasteiger partial charge in [0, 0.05) is 18.0 Å². The first-order valence-electron chi connectivity index (χ1n) is 8.09. The molecule has 2 rings (SSSR count). The number of hydrogen-bond acceptors (Lipinski definition) is 4. The van der Waals surface area contributed by atoms with Crippen LogP contribution in [0.2, 0.25) is 0 Å². The smallest absolute Gasteiger partial charge is 0.160 e. The molecule has 1 aliphatic heterocycles. The summed E-state index contributed by atoms with van der Waals surface area (Å²) in [5, 5.41) is 3.23. The van der Waals surface area contributed by atoms with Crippen LogP contribution in [0, 0.1) is 19.8 Å². The normalized spacial score (nSPS) is 24.0. The van der Waals surface area contributed by atoms with E-state index in [1.54, 1.807) is 0 Å². The molecule has 0 aliphatic carbocycles. The fourth-order valence-corrected chi connectivity index (χ4v) is 3.15. The molecule has 0 spiro atoms. The molecule has 2 atom stereocenters. The molecule has 1 aromatic heterocycles. The maximum absolute atomic E-state index is 5.99. The van der Waals surface area contributed by atoms with Crippen LogP contribution in [0.5, 0.6) is 0 Å². The van der Waals surface area contributed by atoms with Crippen molar-refractivity contribution in [1.29, 1.82) is 0 Å². The minimum Gasteiger partial charge on any atom is -0.367 e. The molecule has 1 fully saturated rings. The van der Waals surface area contributed by atoms with E-state index in [0.717, 1.165) is 49.6 Å². The third-order valence-corrected chi connectivity index (χ3v) is 4.47. The molecule has 0 aromatic carbocycles. The van der Waals surface area contributed by atoms with E-state index in [1.165, 1.54) is 12.0 Å². The van der Waals surface area contributed by atoms with Gasteiger partial charge in [0.05, 0.1) is 0 Å². The second-order valence-corrected chi connectivity index (χ2v) is 6.60. The quantitative estimate of drug-likeness (QED) is 0.906. The molecule has 1 saturated heterocycles. The first kappa shape index (κ1) is 16.4. The highest BCUT2D eigenvalue weighted by atomic mass is 16.5. The second kappa shape index (κ2) is 6.84. The number of nitrogens with one attached hydrogen (secondary N) is 1. The first-order valence-corrected chi connectivity index (χ1v) is 8.09. The lowest BCUT2D eigenvalue weighted by Crippen LogP contribution is -2.33. The molecule has 1 N–H and O–H groups in total. The van der Waals surface area contributed by atoms with E-state index in [2.05, 4.69) is 33.0 Å². The van der Waals surface area contributed by atoms with E-state index < -0.39 is 0 Å². The monoisotopic (exact) mass is 291 g/mol. The van der Waals surface area contributed by atoms with Crippen molar-refractivity contribution in [2.24, 2.45) is 5.92 Å². The summed E-state index contributed by atoms with van der Waals surface area (Å²) in [4.78, 5) is 9.57. The molecular formula is C17H29N3O. The van der Waals surface area contributed by atoms with Crippen LogP contribution in [0.3, 0.4) is 0 Å². The van der Waals surface area contributed by atoms with Gasteiger partial charge >= 0.3 is 0 Å².